The standard InChI is InChI=1S/C30H33N3O3/c1-21-19-28(34)33(20-22-14-16-24(36-2)17-15-22)29(30(35)31-23-9-4-3-5-10-23)25-11-6-7-12-27(25)32-18-8-13-26(21)32/h6-8,11-19,23,29H,3-5,9-10,20H2,1-2H3,(H,31,35)/b21-19-. The maximum atomic E-state index is 14.0. The van der Waals surface area contributed by atoms with Crippen molar-refractivity contribution in [1.29, 1.82) is 0 Å². The number of rotatable bonds is 5. The van der Waals surface area contributed by atoms with Gasteiger partial charge in [-0.25, -0.2) is 0 Å². The highest BCUT2D eigenvalue weighted by atomic mass is 16.5. The second kappa shape index (κ2) is 10.4. The molecule has 1 atom stereocenters. The van der Waals surface area contributed by atoms with Gasteiger partial charge in [0.15, 0.2) is 0 Å². The number of carbonyl (C=O) groups is 2. The number of carbonyl (C=O) groups excluding carboxylic acids is 2. The van der Waals surface area contributed by atoms with Crippen LogP contribution in [-0.4, -0.2) is 34.4 Å². The third kappa shape index (κ3) is 4.81. The summed E-state index contributed by atoms with van der Waals surface area (Å²) < 4.78 is 7.38. The Hall–Kier alpha value is -3.80. The number of benzene rings is 2. The molecule has 6 nitrogen and oxygen atoms in total. The number of fused-ring (bicyclic) bond motifs is 3. The Balaban J connectivity index is 1.62. The first-order valence-electron chi connectivity index (χ1n) is 12.7. The van der Waals surface area contributed by atoms with Gasteiger partial charge in [-0.05, 0) is 61.2 Å². The first-order chi connectivity index (χ1) is 17.5. The zero-order valence-corrected chi connectivity index (χ0v) is 20.9. The van der Waals surface area contributed by atoms with Crippen molar-refractivity contribution in [3.63, 3.8) is 0 Å². The van der Waals surface area contributed by atoms with Crippen molar-refractivity contribution in [2.24, 2.45) is 0 Å². The zero-order chi connectivity index (χ0) is 25.1. The number of amides is 2. The molecule has 1 fully saturated rings. The molecule has 2 amide bonds. The molecule has 1 aromatic heterocycles. The average molecular weight is 484 g/mol. The van der Waals surface area contributed by atoms with Crippen LogP contribution in [0.5, 0.6) is 5.75 Å². The third-order valence-electron chi connectivity index (χ3n) is 7.29. The van der Waals surface area contributed by atoms with Gasteiger partial charge in [0.25, 0.3) is 0 Å². The lowest BCUT2D eigenvalue weighted by Gasteiger charge is -2.33. The Morgan fingerprint density at radius 2 is 1.75 bits per heavy atom. The largest absolute Gasteiger partial charge is 0.497 e. The van der Waals surface area contributed by atoms with Crippen LogP contribution >= 0.6 is 0 Å². The van der Waals surface area contributed by atoms with E-state index in [2.05, 4.69) is 9.88 Å². The molecule has 2 heterocycles. The molecule has 0 bridgehead atoms. The lowest BCUT2D eigenvalue weighted by Crippen LogP contribution is -2.46. The summed E-state index contributed by atoms with van der Waals surface area (Å²) >= 11 is 0. The number of hydrogen-bond acceptors (Lipinski definition) is 3. The van der Waals surface area contributed by atoms with Crippen molar-refractivity contribution < 1.29 is 14.3 Å². The summed E-state index contributed by atoms with van der Waals surface area (Å²) in [4.78, 5) is 29.6. The normalized spacial score (nSPS) is 19.7. The number of hydrogen-bond donors (Lipinski definition) is 1. The van der Waals surface area contributed by atoms with E-state index in [1.54, 1.807) is 18.1 Å². The minimum Gasteiger partial charge on any atom is -0.497 e. The highest BCUT2D eigenvalue weighted by molar-refractivity contribution is 5.99. The van der Waals surface area contributed by atoms with E-state index >= 15 is 0 Å². The SMILES string of the molecule is COc1ccc(CN2C(=O)/C=C(/C)c3cccn3-c3ccccc3C2C(=O)NC2CCCCC2)cc1. The summed E-state index contributed by atoms with van der Waals surface area (Å²) in [7, 11) is 1.63. The summed E-state index contributed by atoms with van der Waals surface area (Å²) in [6.07, 6.45) is 9.06. The molecule has 3 aromatic rings. The molecule has 186 valence electrons. The van der Waals surface area contributed by atoms with E-state index in [1.807, 2.05) is 73.8 Å². The first-order valence-corrected chi connectivity index (χ1v) is 12.7. The molecule has 1 saturated carbocycles. The van der Waals surface area contributed by atoms with E-state index in [9.17, 15) is 9.59 Å². The number of methoxy groups -OCH3 is 1. The molecule has 2 aromatic carbocycles. The van der Waals surface area contributed by atoms with E-state index in [1.165, 1.54) is 6.42 Å². The molecule has 36 heavy (non-hydrogen) atoms. The third-order valence-corrected chi connectivity index (χ3v) is 7.29. The van der Waals surface area contributed by atoms with Crippen molar-refractivity contribution in [2.45, 2.75) is 57.7 Å². The van der Waals surface area contributed by atoms with Gasteiger partial charge in [0.05, 0.1) is 12.8 Å². The predicted octanol–water partition coefficient (Wildman–Crippen LogP) is 5.42. The van der Waals surface area contributed by atoms with Crippen LogP contribution in [0.15, 0.2) is 72.9 Å². The smallest absolute Gasteiger partial charge is 0.248 e. The van der Waals surface area contributed by atoms with E-state index in [0.717, 1.165) is 59.5 Å². The Kier molecular flexibility index (Phi) is 6.94. The monoisotopic (exact) mass is 483 g/mol. The van der Waals surface area contributed by atoms with Crippen LogP contribution in [0.2, 0.25) is 0 Å². The van der Waals surface area contributed by atoms with Crippen LogP contribution in [0, 0.1) is 0 Å². The van der Waals surface area contributed by atoms with Gasteiger partial charge in [0.2, 0.25) is 11.8 Å². The molecule has 1 aliphatic heterocycles. The fourth-order valence-electron chi connectivity index (χ4n) is 5.39. The van der Waals surface area contributed by atoms with E-state index < -0.39 is 6.04 Å². The first kappa shape index (κ1) is 23.9. The number of aromatic nitrogens is 1. The molecule has 0 saturated heterocycles. The van der Waals surface area contributed by atoms with Gasteiger partial charge >= 0.3 is 0 Å². The number of nitrogens with zero attached hydrogens (tertiary/aromatic N) is 2. The Morgan fingerprint density at radius 3 is 2.50 bits per heavy atom. The highest BCUT2D eigenvalue weighted by Gasteiger charge is 2.35. The quantitative estimate of drug-likeness (QED) is 0.527. The highest BCUT2D eigenvalue weighted by Crippen LogP contribution is 2.34. The second-order valence-electron chi connectivity index (χ2n) is 9.71. The van der Waals surface area contributed by atoms with Crippen molar-refractivity contribution in [3.05, 3.63) is 89.8 Å². The fourth-order valence-corrected chi connectivity index (χ4v) is 5.39. The van der Waals surface area contributed by atoms with E-state index in [-0.39, 0.29) is 17.9 Å². The molecule has 6 heteroatoms. The van der Waals surface area contributed by atoms with E-state index in [4.69, 9.17) is 4.74 Å². The van der Waals surface area contributed by atoms with Gasteiger partial charge < -0.3 is 19.5 Å². The maximum absolute atomic E-state index is 14.0. The van der Waals surface area contributed by atoms with Crippen LogP contribution < -0.4 is 10.1 Å². The molecule has 1 aliphatic carbocycles. The Morgan fingerprint density at radius 1 is 1.00 bits per heavy atom. The molecule has 5 rings (SSSR count). The van der Waals surface area contributed by atoms with Crippen LogP contribution in [0.3, 0.4) is 0 Å². The number of para-hydroxylation sites is 1. The molecule has 1 unspecified atom stereocenters. The predicted molar refractivity (Wildman–Crippen MR) is 141 cm³/mol. The fraction of sp³-hybridized carbons (Fsp3) is 0.333. The van der Waals surface area contributed by atoms with Gasteiger partial charge in [-0.1, -0.05) is 49.6 Å². The van der Waals surface area contributed by atoms with Crippen molar-refractivity contribution in [2.75, 3.05) is 7.11 Å². The summed E-state index contributed by atoms with van der Waals surface area (Å²) in [6, 6.07) is 18.9. The lowest BCUT2D eigenvalue weighted by atomic mass is 9.94. The lowest BCUT2D eigenvalue weighted by molar-refractivity contribution is -0.138. The molecular formula is C30H33N3O3. The zero-order valence-electron chi connectivity index (χ0n) is 20.9. The van der Waals surface area contributed by atoms with Crippen LogP contribution in [-0.2, 0) is 16.1 Å². The Bertz CT molecular complexity index is 1270. The van der Waals surface area contributed by atoms with Gasteiger partial charge in [-0.3, -0.25) is 9.59 Å². The van der Waals surface area contributed by atoms with Gasteiger partial charge in [0.1, 0.15) is 11.8 Å². The summed E-state index contributed by atoms with van der Waals surface area (Å²) in [5.41, 5.74) is 4.44. The van der Waals surface area contributed by atoms with Gasteiger partial charge in [-0.15, -0.1) is 0 Å². The molecule has 1 N–H and O–H groups in total. The number of allylic oxidation sites excluding steroid dienone is 1. The minimum absolute atomic E-state index is 0.127. The van der Waals surface area contributed by atoms with Crippen LogP contribution in [0.25, 0.3) is 11.3 Å². The van der Waals surface area contributed by atoms with Gasteiger partial charge in [0, 0.05) is 36.1 Å². The Labute approximate surface area is 212 Å². The van der Waals surface area contributed by atoms with Crippen molar-refractivity contribution in [3.8, 4) is 11.4 Å². The minimum atomic E-state index is -0.768. The molecule has 0 spiro atoms. The van der Waals surface area contributed by atoms with Crippen molar-refractivity contribution >= 4 is 17.4 Å². The maximum Gasteiger partial charge on any atom is 0.248 e. The molecular weight excluding hydrogens is 450 g/mol. The summed E-state index contributed by atoms with van der Waals surface area (Å²) in [5, 5.41) is 3.30. The average Bonchev–Trinajstić information content (AvgIpc) is 3.40. The molecule has 0 radical (unpaired) electrons. The topological polar surface area (TPSA) is 63.6 Å². The summed E-state index contributed by atoms with van der Waals surface area (Å²) in [5.74, 6) is 0.441. The van der Waals surface area contributed by atoms with Gasteiger partial charge in [-0.2, -0.15) is 0 Å². The van der Waals surface area contributed by atoms with Crippen molar-refractivity contribution in [1.82, 2.24) is 14.8 Å². The van der Waals surface area contributed by atoms with Crippen LogP contribution in [0.4, 0.5) is 0 Å². The number of nitrogens with one attached hydrogen (secondary N) is 1. The summed E-state index contributed by atoms with van der Waals surface area (Å²) in [6.45, 7) is 2.25. The van der Waals surface area contributed by atoms with Crippen LogP contribution in [0.1, 0.15) is 61.9 Å². The van der Waals surface area contributed by atoms with E-state index in [0.29, 0.717) is 6.54 Å². The molecule has 2 aliphatic rings. The second-order valence-corrected chi connectivity index (χ2v) is 9.71. The number of ether oxygens (including phenoxy) is 1.